The smallest absolute Gasteiger partial charge is 0.0143 e. The summed E-state index contributed by atoms with van der Waals surface area (Å²) >= 11 is 0. The molecule has 0 aromatic heterocycles. The van der Waals surface area contributed by atoms with E-state index in [1.165, 1.54) is 19.4 Å². The Morgan fingerprint density at radius 2 is 1.83 bits per heavy atom. The SMILES string of the molecule is CC1CCN(C)C(C(C)(C)C)C1. The van der Waals surface area contributed by atoms with Crippen molar-refractivity contribution in [2.24, 2.45) is 11.3 Å². The van der Waals surface area contributed by atoms with Crippen LogP contribution in [0.1, 0.15) is 40.5 Å². The summed E-state index contributed by atoms with van der Waals surface area (Å²) in [6, 6.07) is 0.779. The Labute approximate surface area is 77.1 Å². The Morgan fingerprint density at radius 1 is 1.25 bits per heavy atom. The Balaban J connectivity index is 2.61. The second kappa shape index (κ2) is 3.37. The lowest BCUT2D eigenvalue weighted by atomic mass is 9.78. The predicted octanol–water partition coefficient (Wildman–Crippen LogP) is 2.76. The predicted molar refractivity (Wildman–Crippen MR) is 54.3 cm³/mol. The summed E-state index contributed by atoms with van der Waals surface area (Å²) in [7, 11) is 2.27. The van der Waals surface area contributed by atoms with Crippen LogP contribution >= 0.6 is 0 Å². The van der Waals surface area contributed by atoms with Crippen LogP contribution in [0.5, 0.6) is 0 Å². The van der Waals surface area contributed by atoms with Crippen LogP contribution in [0.3, 0.4) is 0 Å². The molecule has 0 aromatic rings. The Hall–Kier alpha value is -0.0400. The van der Waals surface area contributed by atoms with Crippen molar-refractivity contribution < 1.29 is 0 Å². The van der Waals surface area contributed by atoms with Crippen molar-refractivity contribution in [3.63, 3.8) is 0 Å². The van der Waals surface area contributed by atoms with Gasteiger partial charge < -0.3 is 4.90 Å². The summed E-state index contributed by atoms with van der Waals surface area (Å²) in [6.07, 6.45) is 2.75. The lowest BCUT2D eigenvalue weighted by Crippen LogP contribution is -2.46. The number of rotatable bonds is 0. The van der Waals surface area contributed by atoms with Gasteiger partial charge >= 0.3 is 0 Å². The molecule has 1 fully saturated rings. The van der Waals surface area contributed by atoms with E-state index in [1.807, 2.05) is 0 Å². The highest BCUT2D eigenvalue weighted by Gasteiger charge is 2.32. The molecule has 1 heteroatoms. The molecule has 1 aliphatic rings. The first-order valence-electron chi connectivity index (χ1n) is 5.11. The van der Waals surface area contributed by atoms with E-state index < -0.39 is 0 Å². The number of nitrogens with zero attached hydrogens (tertiary/aromatic N) is 1. The Morgan fingerprint density at radius 3 is 2.25 bits per heavy atom. The second-order valence-electron chi connectivity index (χ2n) is 5.49. The fraction of sp³-hybridized carbons (Fsp3) is 1.00. The van der Waals surface area contributed by atoms with Crippen LogP contribution in [-0.4, -0.2) is 24.5 Å². The average Bonchev–Trinajstić information content (AvgIpc) is 1.92. The molecule has 1 saturated heterocycles. The monoisotopic (exact) mass is 169 g/mol. The molecule has 0 aromatic carbocycles. The van der Waals surface area contributed by atoms with Gasteiger partial charge in [-0.05, 0) is 37.8 Å². The van der Waals surface area contributed by atoms with Crippen molar-refractivity contribution in [1.82, 2.24) is 4.90 Å². The van der Waals surface area contributed by atoms with Crippen LogP contribution < -0.4 is 0 Å². The number of piperidine rings is 1. The molecule has 2 atom stereocenters. The van der Waals surface area contributed by atoms with Crippen molar-refractivity contribution in [3.05, 3.63) is 0 Å². The van der Waals surface area contributed by atoms with E-state index in [2.05, 4.69) is 39.6 Å². The molecule has 0 aliphatic carbocycles. The first-order chi connectivity index (χ1) is 5.41. The molecule has 0 bridgehead atoms. The number of likely N-dealkylation sites (tertiary alicyclic amines) is 1. The van der Waals surface area contributed by atoms with Crippen LogP contribution in [-0.2, 0) is 0 Å². The van der Waals surface area contributed by atoms with Crippen LogP contribution in [0, 0.1) is 11.3 Å². The van der Waals surface area contributed by atoms with Gasteiger partial charge in [-0.3, -0.25) is 0 Å². The molecule has 1 aliphatic heterocycles. The number of hydrogen-bond acceptors (Lipinski definition) is 1. The molecule has 72 valence electrons. The highest BCUT2D eigenvalue weighted by Crippen LogP contribution is 2.33. The van der Waals surface area contributed by atoms with Gasteiger partial charge in [0.2, 0.25) is 0 Å². The van der Waals surface area contributed by atoms with E-state index in [-0.39, 0.29) is 0 Å². The largest absolute Gasteiger partial charge is 0.303 e. The van der Waals surface area contributed by atoms with Crippen LogP contribution in [0.2, 0.25) is 0 Å². The summed E-state index contributed by atoms with van der Waals surface area (Å²) in [5.41, 5.74) is 0.448. The molecule has 0 saturated carbocycles. The van der Waals surface area contributed by atoms with Gasteiger partial charge in [-0.1, -0.05) is 27.7 Å². The molecule has 1 heterocycles. The van der Waals surface area contributed by atoms with Crippen molar-refractivity contribution in [1.29, 1.82) is 0 Å². The maximum Gasteiger partial charge on any atom is 0.0143 e. The Kier molecular flexibility index (Phi) is 2.82. The second-order valence-corrected chi connectivity index (χ2v) is 5.49. The quantitative estimate of drug-likeness (QED) is 0.539. The van der Waals surface area contributed by atoms with Gasteiger partial charge in [-0.25, -0.2) is 0 Å². The van der Waals surface area contributed by atoms with Gasteiger partial charge in [0.15, 0.2) is 0 Å². The van der Waals surface area contributed by atoms with Gasteiger partial charge in [0, 0.05) is 6.04 Å². The van der Waals surface area contributed by atoms with Crippen molar-refractivity contribution in [2.45, 2.75) is 46.6 Å². The zero-order chi connectivity index (χ0) is 9.35. The minimum atomic E-state index is 0.448. The lowest BCUT2D eigenvalue weighted by Gasteiger charge is -2.43. The van der Waals surface area contributed by atoms with Gasteiger partial charge in [0.25, 0.3) is 0 Å². The summed E-state index contributed by atoms with van der Waals surface area (Å²) in [5, 5.41) is 0. The molecular formula is C11H23N. The molecule has 1 nitrogen and oxygen atoms in total. The third kappa shape index (κ3) is 2.22. The van der Waals surface area contributed by atoms with Gasteiger partial charge in [-0.15, -0.1) is 0 Å². The minimum absolute atomic E-state index is 0.448. The fourth-order valence-electron chi connectivity index (χ4n) is 2.27. The zero-order valence-electron chi connectivity index (χ0n) is 9.22. The summed E-state index contributed by atoms with van der Waals surface area (Å²) in [6.45, 7) is 10.7. The molecular weight excluding hydrogens is 146 g/mol. The maximum absolute atomic E-state index is 2.53. The molecule has 0 radical (unpaired) electrons. The molecule has 0 N–H and O–H groups in total. The third-order valence-corrected chi connectivity index (χ3v) is 3.13. The zero-order valence-corrected chi connectivity index (χ0v) is 9.22. The molecule has 2 unspecified atom stereocenters. The standard InChI is InChI=1S/C11H23N/c1-9-6-7-12(5)10(8-9)11(2,3)4/h9-10H,6-8H2,1-5H3. The average molecular weight is 169 g/mol. The maximum atomic E-state index is 2.53. The molecule has 12 heavy (non-hydrogen) atoms. The van der Waals surface area contributed by atoms with E-state index in [4.69, 9.17) is 0 Å². The molecule has 1 rings (SSSR count). The summed E-state index contributed by atoms with van der Waals surface area (Å²) in [4.78, 5) is 2.53. The molecule has 0 spiro atoms. The van der Waals surface area contributed by atoms with Gasteiger partial charge in [0.05, 0.1) is 0 Å². The van der Waals surface area contributed by atoms with Gasteiger partial charge in [0.1, 0.15) is 0 Å². The number of hydrogen-bond donors (Lipinski definition) is 0. The Bertz CT molecular complexity index is 146. The first-order valence-corrected chi connectivity index (χ1v) is 5.11. The summed E-state index contributed by atoms with van der Waals surface area (Å²) in [5.74, 6) is 0.922. The van der Waals surface area contributed by atoms with E-state index in [1.54, 1.807) is 0 Å². The van der Waals surface area contributed by atoms with Crippen LogP contribution in [0.25, 0.3) is 0 Å². The third-order valence-electron chi connectivity index (χ3n) is 3.13. The van der Waals surface area contributed by atoms with E-state index in [9.17, 15) is 0 Å². The van der Waals surface area contributed by atoms with Gasteiger partial charge in [-0.2, -0.15) is 0 Å². The van der Waals surface area contributed by atoms with E-state index in [0.717, 1.165) is 12.0 Å². The van der Waals surface area contributed by atoms with Crippen molar-refractivity contribution in [3.8, 4) is 0 Å². The van der Waals surface area contributed by atoms with Crippen LogP contribution in [0.15, 0.2) is 0 Å². The van der Waals surface area contributed by atoms with Crippen molar-refractivity contribution >= 4 is 0 Å². The fourth-order valence-corrected chi connectivity index (χ4v) is 2.27. The van der Waals surface area contributed by atoms with E-state index in [0.29, 0.717) is 5.41 Å². The normalized spacial score (nSPS) is 33.8. The lowest BCUT2D eigenvalue weighted by molar-refractivity contribution is 0.0648. The minimum Gasteiger partial charge on any atom is -0.303 e. The summed E-state index contributed by atoms with van der Waals surface area (Å²) < 4.78 is 0. The highest BCUT2D eigenvalue weighted by molar-refractivity contribution is 4.86. The van der Waals surface area contributed by atoms with Crippen LogP contribution in [0.4, 0.5) is 0 Å². The van der Waals surface area contributed by atoms with E-state index >= 15 is 0 Å². The highest BCUT2D eigenvalue weighted by atomic mass is 15.1. The topological polar surface area (TPSA) is 3.24 Å². The van der Waals surface area contributed by atoms with Crippen molar-refractivity contribution in [2.75, 3.05) is 13.6 Å². The first kappa shape index (κ1) is 10.0. The molecule has 0 amide bonds.